The summed E-state index contributed by atoms with van der Waals surface area (Å²) < 4.78 is 12.2. The first-order valence-corrected chi connectivity index (χ1v) is 9.39. The number of ether oxygens (including phenoxy) is 2. The largest absolute Gasteiger partial charge is 0.479 e. The number of hydrogen-bond donors (Lipinski definition) is 5. The number of imidazole rings is 1. The van der Waals surface area contributed by atoms with E-state index >= 15 is 0 Å². The summed E-state index contributed by atoms with van der Waals surface area (Å²) in [6.07, 6.45) is -4.73. The van der Waals surface area contributed by atoms with E-state index in [9.17, 15) is 24.9 Å². The average Bonchev–Trinajstić information content (AvgIpc) is 3.21. The van der Waals surface area contributed by atoms with Crippen molar-refractivity contribution in [2.75, 3.05) is 19.0 Å². The van der Waals surface area contributed by atoms with Crippen LogP contribution < -0.4 is 5.56 Å². The third kappa shape index (κ3) is 3.40. The van der Waals surface area contributed by atoms with Crippen molar-refractivity contribution in [1.29, 1.82) is 0 Å². The quantitative estimate of drug-likeness (QED) is 0.302. The fourth-order valence-corrected chi connectivity index (χ4v) is 4.23. The zero-order valence-electron chi connectivity index (χ0n) is 14.8. The monoisotopic (exact) mass is 416 g/mol. The predicted molar refractivity (Wildman–Crippen MR) is 95.6 cm³/mol. The van der Waals surface area contributed by atoms with Crippen LogP contribution in [0.2, 0.25) is 0 Å². The number of hydrogen-bond acceptors (Lipinski definition) is 10. The van der Waals surface area contributed by atoms with Crippen LogP contribution in [-0.4, -0.2) is 89.3 Å². The first-order chi connectivity index (χ1) is 13.3. The second-order valence-corrected chi connectivity index (χ2v) is 7.28. The van der Waals surface area contributed by atoms with Crippen molar-refractivity contribution in [3.63, 3.8) is 0 Å². The number of H-pyrrole nitrogens is 1. The van der Waals surface area contributed by atoms with Crippen molar-refractivity contribution in [3.05, 3.63) is 23.0 Å². The van der Waals surface area contributed by atoms with Gasteiger partial charge in [-0.2, -0.15) is 0 Å². The number of aromatic amines is 1. The Balaban J connectivity index is 2.06. The molecule has 3 heterocycles. The van der Waals surface area contributed by atoms with Crippen LogP contribution in [0.15, 0.2) is 17.4 Å². The number of nitrogens with zero attached hydrogens (tertiary/aromatic N) is 3. The van der Waals surface area contributed by atoms with Crippen molar-refractivity contribution in [3.8, 4) is 0 Å². The molecule has 0 aliphatic carbocycles. The second-order valence-electron chi connectivity index (χ2n) is 6.00. The number of carboxylic acids is 1. The van der Waals surface area contributed by atoms with Gasteiger partial charge in [0.05, 0.1) is 12.9 Å². The van der Waals surface area contributed by atoms with Gasteiger partial charge in [-0.15, -0.1) is 0 Å². The van der Waals surface area contributed by atoms with Gasteiger partial charge < -0.3 is 34.9 Å². The molecule has 2 aromatic heterocycles. The van der Waals surface area contributed by atoms with E-state index in [0.717, 1.165) is 18.1 Å². The molecule has 3 rings (SSSR count). The minimum Gasteiger partial charge on any atom is -0.479 e. The van der Waals surface area contributed by atoms with Gasteiger partial charge in [0.2, 0.25) is 5.06 Å². The summed E-state index contributed by atoms with van der Waals surface area (Å²) >= 11 is 1.00. The lowest BCUT2D eigenvalue weighted by atomic mass is 10.1. The molecular weight excluding hydrogens is 396 g/mol. The number of fused-ring (bicyclic) bond motifs is 1. The Morgan fingerprint density at radius 2 is 2.25 bits per heavy atom. The molecule has 1 fully saturated rings. The maximum atomic E-state index is 11.9. The molecule has 1 aliphatic rings. The summed E-state index contributed by atoms with van der Waals surface area (Å²) in [6.45, 7) is 2.55. The maximum Gasteiger partial charge on any atom is 0.335 e. The van der Waals surface area contributed by atoms with Crippen LogP contribution >= 0.6 is 11.8 Å². The van der Waals surface area contributed by atoms with Crippen molar-refractivity contribution < 1.29 is 34.7 Å². The maximum absolute atomic E-state index is 11.9. The minimum absolute atomic E-state index is 0.0280. The van der Waals surface area contributed by atoms with E-state index in [4.69, 9.17) is 14.6 Å². The fraction of sp³-hybridized carbons (Fsp3) is 0.600. The van der Waals surface area contributed by atoms with Crippen LogP contribution in [0.5, 0.6) is 0 Å². The smallest absolute Gasteiger partial charge is 0.335 e. The molecule has 0 saturated carbocycles. The Morgan fingerprint density at radius 1 is 1.50 bits per heavy atom. The van der Waals surface area contributed by atoms with Gasteiger partial charge in [-0.05, 0) is 6.92 Å². The Kier molecular flexibility index (Phi) is 6.02. The first kappa shape index (κ1) is 20.7. The zero-order chi connectivity index (χ0) is 20.5. The normalized spacial score (nSPS) is 28.6. The number of aromatic nitrogens is 4. The number of aliphatic carboxylic acids is 1. The first-order valence-electron chi connectivity index (χ1n) is 8.41. The van der Waals surface area contributed by atoms with Crippen molar-refractivity contribution >= 4 is 28.9 Å². The summed E-state index contributed by atoms with van der Waals surface area (Å²) in [5.41, 5.74) is -0.488. The van der Waals surface area contributed by atoms with Gasteiger partial charge in [0.1, 0.15) is 24.6 Å². The van der Waals surface area contributed by atoms with Gasteiger partial charge >= 0.3 is 5.97 Å². The minimum atomic E-state index is -2.08. The number of carboxylic acid groups (broad SMARTS) is 1. The molecule has 1 aliphatic heterocycles. The van der Waals surface area contributed by atoms with Gasteiger partial charge in [-0.1, -0.05) is 11.8 Å². The van der Waals surface area contributed by atoms with Gasteiger partial charge in [0.15, 0.2) is 17.3 Å². The van der Waals surface area contributed by atoms with E-state index in [2.05, 4.69) is 15.0 Å². The molecule has 5 N–H and O–H groups in total. The predicted octanol–water partition coefficient (Wildman–Crippen LogP) is -1.93. The standard InChI is InChI=1S/C15H20N4O8S/c1-2-26-3-4-28-15(11(22)8(20)10(27-15)9(21)14(24)25)19-6-18-7-12(19)16-5-17-13(7)23/h5-6,8-11,20-22H,2-4H2,1H3,(H,24,25)(H,16,17,23)/t8-,9?,10+,11-,15+/m1/s1. The summed E-state index contributed by atoms with van der Waals surface area (Å²) in [5, 5.41) is 38.3. The Labute approximate surface area is 162 Å². The Morgan fingerprint density at radius 3 is 2.93 bits per heavy atom. The van der Waals surface area contributed by atoms with Gasteiger partial charge in [-0.3, -0.25) is 9.36 Å². The molecule has 5 atom stereocenters. The zero-order valence-corrected chi connectivity index (χ0v) is 15.6. The molecule has 13 heteroatoms. The average molecular weight is 416 g/mol. The summed E-state index contributed by atoms with van der Waals surface area (Å²) in [5.74, 6) is -1.33. The van der Waals surface area contributed by atoms with Crippen molar-refractivity contribution in [2.24, 2.45) is 0 Å². The number of aliphatic hydroxyl groups is 3. The van der Waals surface area contributed by atoms with Crippen LogP contribution in [-0.2, 0) is 19.3 Å². The molecule has 154 valence electrons. The van der Waals surface area contributed by atoms with E-state index < -0.39 is 41.0 Å². The number of thioether (sulfide) groups is 1. The van der Waals surface area contributed by atoms with Gasteiger partial charge in [-0.25, -0.2) is 14.8 Å². The number of rotatable bonds is 8. The van der Waals surface area contributed by atoms with E-state index in [-0.39, 0.29) is 23.5 Å². The third-order valence-corrected chi connectivity index (χ3v) is 5.64. The highest BCUT2D eigenvalue weighted by Crippen LogP contribution is 2.46. The van der Waals surface area contributed by atoms with Crippen LogP contribution in [0.1, 0.15) is 6.92 Å². The fourth-order valence-electron chi connectivity index (χ4n) is 2.97. The highest BCUT2D eigenvalue weighted by Gasteiger charge is 2.59. The lowest BCUT2D eigenvalue weighted by molar-refractivity contribution is -0.162. The molecule has 0 aromatic carbocycles. The third-order valence-electron chi connectivity index (χ3n) is 4.32. The van der Waals surface area contributed by atoms with Gasteiger partial charge in [0.25, 0.3) is 5.56 Å². The number of carbonyl (C=O) groups is 1. The van der Waals surface area contributed by atoms with Crippen LogP contribution in [0.25, 0.3) is 11.2 Å². The molecule has 0 radical (unpaired) electrons. The van der Waals surface area contributed by atoms with Crippen molar-refractivity contribution in [1.82, 2.24) is 19.5 Å². The number of aliphatic hydroxyl groups excluding tert-OH is 3. The molecule has 0 amide bonds. The lowest BCUT2D eigenvalue weighted by Gasteiger charge is -2.33. The highest BCUT2D eigenvalue weighted by molar-refractivity contribution is 7.99. The SMILES string of the molecule is CCOCCS[C@@]1(n2cnc3c(=O)[nH]cnc32)O[C@H](C(O)C(=O)O)[C@@H](O)[C@H]1O. The molecule has 28 heavy (non-hydrogen) atoms. The summed E-state index contributed by atoms with van der Waals surface area (Å²) in [4.78, 5) is 33.5. The molecule has 12 nitrogen and oxygen atoms in total. The number of nitrogens with one attached hydrogen (secondary N) is 1. The van der Waals surface area contributed by atoms with E-state index in [0.29, 0.717) is 6.61 Å². The van der Waals surface area contributed by atoms with E-state index in [1.165, 1.54) is 10.9 Å². The van der Waals surface area contributed by atoms with Crippen LogP contribution in [0.4, 0.5) is 0 Å². The molecular formula is C15H20N4O8S. The van der Waals surface area contributed by atoms with Gasteiger partial charge in [0, 0.05) is 12.4 Å². The molecule has 1 unspecified atom stereocenters. The van der Waals surface area contributed by atoms with Crippen LogP contribution in [0.3, 0.4) is 0 Å². The summed E-state index contributed by atoms with van der Waals surface area (Å²) in [6, 6.07) is 0. The molecule has 0 spiro atoms. The molecule has 2 aromatic rings. The molecule has 1 saturated heterocycles. The highest BCUT2D eigenvalue weighted by atomic mass is 32.2. The Hall–Kier alpha value is -2.03. The lowest BCUT2D eigenvalue weighted by Crippen LogP contribution is -2.44. The van der Waals surface area contributed by atoms with Crippen molar-refractivity contribution in [2.45, 2.75) is 36.4 Å². The second kappa shape index (κ2) is 8.14. The topological polar surface area (TPSA) is 180 Å². The molecule has 0 bridgehead atoms. The van der Waals surface area contributed by atoms with E-state index in [1.54, 1.807) is 0 Å². The van der Waals surface area contributed by atoms with Crippen LogP contribution in [0, 0.1) is 0 Å². The Bertz CT molecular complexity index is 904. The summed E-state index contributed by atoms with van der Waals surface area (Å²) in [7, 11) is 0. The van der Waals surface area contributed by atoms with E-state index in [1.807, 2.05) is 6.92 Å².